The molecule has 1 aliphatic rings. The Morgan fingerprint density at radius 2 is 1.96 bits per heavy atom. The predicted octanol–water partition coefficient (Wildman–Crippen LogP) is 3.23. The van der Waals surface area contributed by atoms with Crippen LogP contribution in [0.25, 0.3) is 0 Å². The highest BCUT2D eigenvalue weighted by molar-refractivity contribution is 5.68. The highest BCUT2D eigenvalue weighted by Crippen LogP contribution is 2.16. The quantitative estimate of drug-likeness (QED) is 0.854. The summed E-state index contributed by atoms with van der Waals surface area (Å²) in [6.07, 6.45) is -0.447. The van der Waals surface area contributed by atoms with Gasteiger partial charge < -0.3 is 19.1 Å². The van der Waals surface area contributed by atoms with Crippen LogP contribution in [0.3, 0.4) is 0 Å². The smallest absolute Gasteiger partial charge is 0.410 e. The second-order valence-corrected chi connectivity index (χ2v) is 6.95. The monoisotopic (exact) mass is 321 g/mol. The maximum absolute atomic E-state index is 12.2. The molecule has 0 aromatic heterocycles. The summed E-state index contributed by atoms with van der Waals surface area (Å²) in [4.78, 5) is 13.9. The van der Waals surface area contributed by atoms with Gasteiger partial charge in [-0.1, -0.05) is 30.3 Å². The maximum Gasteiger partial charge on any atom is 0.410 e. The molecule has 1 aromatic carbocycles. The number of amides is 1. The molecule has 1 amide bonds. The first-order valence-corrected chi connectivity index (χ1v) is 8.08. The Labute approximate surface area is 138 Å². The molecule has 5 heteroatoms. The van der Waals surface area contributed by atoms with Gasteiger partial charge in [0.25, 0.3) is 0 Å². The van der Waals surface area contributed by atoms with Crippen molar-refractivity contribution in [2.45, 2.75) is 52.1 Å². The summed E-state index contributed by atoms with van der Waals surface area (Å²) < 4.78 is 17.0. The van der Waals surface area contributed by atoms with Crippen LogP contribution < -0.4 is 0 Å². The highest BCUT2D eigenvalue weighted by atomic mass is 16.6. The standard InChI is InChI=1S/C18H27NO4/c1-14-10-19(17(20)23-18(2,3)4)11-16(22-14)13-21-12-15-8-6-5-7-9-15/h5-9,14,16H,10-13H2,1-4H3/t14-,16+/m1/s1. The van der Waals surface area contributed by atoms with Crippen molar-refractivity contribution < 1.29 is 19.0 Å². The van der Waals surface area contributed by atoms with E-state index in [4.69, 9.17) is 14.2 Å². The Kier molecular flexibility index (Phi) is 6.02. The second-order valence-electron chi connectivity index (χ2n) is 6.95. The first kappa shape index (κ1) is 17.8. The number of hydrogen-bond donors (Lipinski definition) is 0. The van der Waals surface area contributed by atoms with Crippen molar-refractivity contribution in [2.75, 3.05) is 19.7 Å². The number of rotatable bonds is 4. The second kappa shape index (κ2) is 7.79. The molecule has 2 rings (SSSR count). The summed E-state index contributed by atoms with van der Waals surface area (Å²) >= 11 is 0. The zero-order chi connectivity index (χ0) is 16.9. The molecule has 23 heavy (non-hydrogen) atoms. The van der Waals surface area contributed by atoms with E-state index in [2.05, 4.69) is 0 Å². The third kappa shape index (κ3) is 6.20. The van der Waals surface area contributed by atoms with Crippen LogP contribution in [0, 0.1) is 0 Å². The van der Waals surface area contributed by atoms with E-state index < -0.39 is 5.60 Å². The number of carbonyl (C=O) groups is 1. The summed E-state index contributed by atoms with van der Waals surface area (Å²) in [5, 5.41) is 0. The van der Waals surface area contributed by atoms with E-state index >= 15 is 0 Å². The minimum Gasteiger partial charge on any atom is -0.444 e. The number of benzene rings is 1. The van der Waals surface area contributed by atoms with Crippen molar-refractivity contribution >= 4 is 6.09 Å². The van der Waals surface area contributed by atoms with Crippen LogP contribution in [0.1, 0.15) is 33.3 Å². The summed E-state index contributed by atoms with van der Waals surface area (Å²) in [6.45, 7) is 9.61. The van der Waals surface area contributed by atoms with Crippen LogP contribution in [0.5, 0.6) is 0 Å². The van der Waals surface area contributed by atoms with Gasteiger partial charge in [-0.3, -0.25) is 0 Å². The number of nitrogens with zero attached hydrogens (tertiary/aromatic N) is 1. The number of ether oxygens (including phenoxy) is 3. The average Bonchev–Trinajstić information content (AvgIpc) is 2.46. The molecule has 128 valence electrons. The van der Waals surface area contributed by atoms with Crippen LogP contribution in [0.2, 0.25) is 0 Å². The Hall–Kier alpha value is -1.59. The summed E-state index contributed by atoms with van der Waals surface area (Å²) in [7, 11) is 0. The molecule has 0 bridgehead atoms. The van der Waals surface area contributed by atoms with Crippen LogP contribution in [-0.4, -0.2) is 48.5 Å². The van der Waals surface area contributed by atoms with Gasteiger partial charge in [-0.05, 0) is 33.3 Å². The third-order valence-electron chi connectivity index (χ3n) is 3.39. The van der Waals surface area contributed by atoms with E-state index in [9.17, 15) is 4.79 Å². The fourth-order valence-corrected chi connectivity index (χ4v) is 2.50. The van der Waals surface area contributed by atoms with Crippen molar-refractivity contribution in [2.24, 2.45) is 0 Å². The summed E-state index contributed by atoms with van der Waals surface area (Å²) in [5.41, 5.74) is 0.637. The lowest BCUT2D eigenvalue weighted by Gasteiger charge is -2.37. The Morgan fingerprint density at radius 1 is 1.26 bits per heavy atom. The molecule has 1 aliphatic heterocycles. The fourth-order valence-electron chi connectivity index (χ4n) is 2.50. The molecule has 1 heterocycles. The number of carbonyl (C=O) groups excluding carboxylic acids is 1. The first-order chi connectivity index (χ1) is 10.8. The van der Waals surface area contributed by atoms with Gasteiger partial charge in [0, 0.05) is 0 Å². The molecule has 1 fully saturated rings. The first-order valence-electron chi connectivity index (χ1n) is 8.08. The normalized spacial score (nSPS) is 22.0. The van der Waals surface area contributed by atoms with Crippen LogP contribution in [0.15, 0.2) is 30.3 Å². The minimum atomic E-state index is -0.488. The molecule has 0 spiro atoms. The topological polar surface area (TPSA) is 48.0 Å². The van der Waals surface area contributed by atoms with E-state index in [1.54, 1.807) is 4.90 Å². The molecule has 1 saturated heterocycles. The molecule has 0 N–H and O–H groups in total. The maximum atomic E-state index is 12.2. The Bertz CT molecular complexity index is 497. The van der Waals surface area contributed by atoms with Gasteiger partial charge in [-0.25, -0.2) is 4.79 Å². The molecule has 0 radical (unpaired) electrons. The molecule has 0 saturated carbocycles. The fraction of sp³-hybridized carbons (Fsp3) is 0.611. The van der Waals surface area contributed by atoms with E-state index in [1.807, 2.05) is 58.0 Å². The van der Waals surface area contributed by atoms with Gasteiger partial charge in [0.15, 0.2) is 0 Å². The van der Waals surface area contributed by atoms with Gasteiger partial charge in [0.05, 0.1) is 38.5 Å². The van der Waals surface area contributed by atoms with Crippen LogP contribution >= 0.6 is 0 Å². The highest BCUT2D eigenvalue weighted by Gasteiger charge is 2.31. The minimum absolute atomic E-state index is 0.0263. The van der Waals surface area contributed by atoms with Gasteiger partial charge in [-0.15, -0.1) is 0 Å². The lowest BCUT2D eigenvalue weighted by molar-refractivity contribution is -0.108. The van der Waals surface area contributed by atoms with E-state index in [0.717, 1.165) is 5.56 Å². The zero-order valence-corrected chi connectivity index (χ0v) is 14.5. The SMILES string of the molecule is C[C@@H]1CN(C(=O)OC(C)(C)C)C[C@@H](COCc2ccccc2)O1. The van der Waals surface area contributed by atoms with Gasteiger partial charge in [0.2, 0.25) is 0 Å². The largest absolute Gasteiger partial charge is 0.444 e. The Morgan fingerprint density at radius 3 is 2.61 bits per heavy atom. The predicted molar refractivity (Wildman–Crippen MR) is 88.2 cm³/mol. The molecule has 2 atom stereocenters. The lowest BCUT2D eigenvalue weighted by Crippen LogP contribution is -2.51. The van der Waals surface area contributed by atoms with Crippen molar-refractivity contribution in [3.63, 3.8) is 0 Å². The van der Waals surface area contributed by atoms with E-state index in [1.165, 1.54) is 0 Å². The van der Waals surface area contributed by atoms with Gasteiger partial charge in [0.1, 0.15) is 5.60 Å². The molecule has 0 aliphatic carbocycles. The molecule has 0 unspecified atom stereocenters. The lowest BCUT2D eigenvalue weighted by atomic mass is 10.2. The van der Waals surface area contributed by atoms with Gasteiger partial charge in [-0.2, -0.15) is 0 Å². The molecule has 5 nitrogen and oxygen atoms in total. The van der Waals surface area contributed by atoms with E-state index in [-0.39, 0.29) is 18.3 Å². The van der Waals surface area contributed by atoms with Crippen molar-refractivity contribution in [3.8, 4) is 0 Å². The zero-order valence-electron chi connectivity index (χ0n) is 14.5. The average molecular weight is 321 g/mol. The van der Waals surface area contributed by atoms with Crippen LogP contribution in [-0.2, 0) is 20.8 Å². The molecular formula is C18H27NO4. The molecular weight excluding hydrogens is 294 g/mol. The number of hydrogen-bond acceptors (Lipinski definition) is 4. The Balaban J connectivity index is 1.81. The number of morpholine rings is 1. The molecule has 1 aromatic rings. The van der Waals surface area contributed by atoms with Crippen LogP contribution in [0.4, 0.5) is 4.79 Å². The summed E-state index contributed by atoms with van der Waals surface area (Å²) in [5.74, 6) is 0. The van der Waals surface area contributed by atoms with Crippen molar-refractivity contribution in [1.82, 2.24) is 4.90 Å². The summed E-state index contributed by atoms with van der Waals surface area (Å²) in [6, 6.07) is 10.0. The third-order valence-corrected chi connectivity index (χ3v) is 3.39. The van der Waals surface area contributed by atoms with Crippen molar-refractivity contribution in [3.05, 3.63) is 35.9 Å². The van der Waals surface area contributed by atoms with E-state index in [0.29, 0.717) is 26.3 Å². The van der Waals surface area contributed by atoms with Crippen molar-refractivity contribution in [1.29, 1.82) is 0 Å². The van der Waals surface area contributed by atoms with Gasteiger partial charge >= 0.3 is 6.09 Å².